The lowest BCUT2D eigenvalue weighted by atomic mass is 9.93. The van der Waals surface area contributed by atoms with Crippen molar-refractivity contribution >= 4 is 22.6 Å². The number of carbonyl (C=O) groups excluding carboxylic acids is 1. The largest absolute Gasteiger partial charge is 0.496 e. The maximum Gasteiger partial charge on any atom is 0.303 e. The number of hydrogen-bond donors (Lipinski definition) is 2. The fraction of sp³-hybridized carbons (Fsp3) is 0.314. The van der Waals surface area contributed by atoms with E-state index >= 15 is 0 Å². The Kier molecular flexibility index (Phi) is 9.66. The maximum atomic E-state index is 13.8. The molecule has 2 N–H and O–H groups in total. The van der Waals surface area contributed by atoms with Gasteiger partial charge in [-0.25, -0.2) is 0 Å². The second kappa shape index (κ2) is 13.4. The van der Waals surface area contributed by atoms with Gasteiger partial charge in [0.1, 0.15) is 18.1 Å². The van der Waals surface area contributed by atoms with E-state index in [1.54, 1.807) is 25.3 Å². The summed E-state index contributed by atoms with van der Waals surface area (Å²) in [6.45, 7) is 8.63. The molecular formula is C35H39NO5. The van der Waals surface area contributed by atoms with Gasteiger partial charge in [0.05, 0.1) is 13.2 Å². The van der Waals surface area contributed by atoms with Crippen LogP contribution in [0.25, 0.3) is 10.8 Å². The van der Waals surface area contributed by atoms with Crippen LogP contribution in [0.2, 0.25) is 0 Å². The molecule has 0 fully saturated rings. The van der Waals surface area contributed by atoms with Crippen molar-refractivity contribution in [2.24, 2.45) is 5.92 Å². The minimum absolute atomic E-state index is 0.0693. The lowest BCUT2D eigenvalue weighted by Crippen LogP contribution is -2.30. The van der Waals surface area contributed by atoms with Crippen LogP contribution in [0.5, 0.6) is 11.5 Å². The predicted octanol–water partition coefficient (Wildman–Crippen LogP) is 7.58. The standard InChI is InChI=1S/C35H39NO5/c1-22(2)16-32(27-18-23(3)17-24(4)19-27)36-35(39)30-20-28(13-10-26(30)12-15-34(37)38)41-21-31-29-9-7-6-8-25(29)11-14-33(31)40-5/h6-11,13-14,17-20,22,32H,12,15-16,21H2,1-5H3,(H,36,39)(H,37,38). The van der Waals surface area contributed by atoms with Crippen molar-refractivity contribution < 1.29 is 24.2 Å². The Bertz CT molecular complexity index is 1520. The quantitative estimate of drug-likeness (QED) is 0.189. The summed E-state index contributed by atoms with van der Waals surface area (Å²) >= 11 is 0. The van der Waals surface area contributed by atoms with Crippen molar-refractivity contribution in [3.63, 3.8) is 0 Å². The number of benzene rings is 4. The third kappa shape index (κ3) is 7.66. The minimum atomic E-state index is -0.910. The van der Waals surface area contributed by atoms with Gasteiger partial charge >= 0.3 is 5.97 Å². The number of carboxylic acid groups (broad SMARTS) is 1. The average molecular weight is 554 g/mol. The van der Waals surface area contributed by atoms with Gasteiger partial charge < -0.3 is 19.9 Å². The number of carbonyl (C=O) groups is 2. The molecule has 41 heavy (non-hydrogen) atoms. The number of amides is 1. The van der Waals surface area contributed by atoms with Crippen LogP contribution in [0.1, 0.15) is 70.9 Å². The first-order chi connectivity index (χ1) is 19.6. The lowest BCUT2D eigenvalue weighted by Gasteiger charge is -2.23. The molecular weight excluding hydrogens is 514 g/mol. The van der Waals surface area contributed by atoms with Gasteiger partial charge in [-0.3, -0.25) is 9.59 Å². The Hall–Kier alpha value is -4.32. The molecule has 0 spiro atoms. The first-order valence-electron chi connectivity index (χ1n) is 14.1. The van der Waals surface area contributed by atoms with Crippen LogP contribution in [-0.2, 0) is 17.8 Å². The van der Waals surface area contributed by atoms with E-state index in [2.05, 4.69) is 51.2 Å². The molecule has 0 radical (unpaired) electrons. The summed E-state index contributed by atoms with van der Waals surface area (Å²) < 4.78 is 11.8. The molecule has 0 aliphatic heterocycles. The molecule has 4 aromatic rings. The van der Waals surface area contributed by atoms with E-state index in [1.165, 1.54) is 0 Å². The molecule has 0 saturated carbocycles. The number of aryl methyl sites for hydroxylation is 3. The fourth-order valence-electron chi connectivity index (χ4n) is 5.32. The van der Waals surface area contributed by atoms with E-state index in [-0.39, 0.29) is 31.4 Å². The van der Waals surface area contributed by atoms with E-state index in [9.17, 15) is 14.7 Å². The highest BCUT2D eigenvalue weighted by Gasteiger charge is 2.21. The van der Waals surface area contributed by atoms with Crippen molar-refractivity contribution in [1.29, 1.82) is 0 Å². The molecule has 4 rings (SSSR count). The van der Waals surface area contributed by atoms with Gasteiger partial charge in [0, 0.05) is 17.5 Å². The van der Waals surface area contributed by atoms with E-state index in [0.717, 1.165) is 45.2 Å². The summed E-state index contributed by atoms with van der Waals surface area (Å²) in [5.74, 6) is 0.453. The molecule has 4 aromatic carbocycles. The molecule has 0 aromatic heterocycles. The van der Waals surface area contributed by atoms with Gasteiger partial charge in [0.25, 0.3) is 5.91 Å². The third-order valence-electron chi connectivity index (χ3n) is 7.19. The Morgan fingerprint density at radius 1 is 0.927 bits per heavy atom. The molecule has 1 unspecified atom stereocenters. The molecule has 0 aliphatic rings. The molecule has 0 aliphatic carbocycles. The zero-order valence-corrected chi connectivity index (χ0v) is 24.5. The highest BCUT2D eigenvalue weighted by atomic mass is 16.5. The third-order valence-corrected chi connectivity index (χ3v) is 7.19. The fourth-order valence-corrected chi connectivity index (χ4v) is 5.32. The van der Waals surface area contributed by atoms with Gasteiger partial charge in [0.2, 0.25) is 0 Å². The van der Waals surface area contributed by atoms with E-state index in [0.29, 0.717) is 22.8 Å². The number of hydrogen-bond acceptors (Lipinski definition) is 4. The van der Waals surface area contributed by atoms with Gasteiger partial charge in [-0.05, 0) is 72.7 Å². The van der Waals surface area contributed by atoms with Crippen LogP contribution in [-0.4, -0.2) is 24.1 Å². The van der Waals surface area contributed by atoms with E-state index in [1.807, 2.05) is 36.4 Å². The van der Waals surface area contributed by atoms with Crippen LogP contribution in [0, 0.1) is 19.8 Å². The maximum absolute atomic E-state index is 13.8. The summed E-state index contributed by atoms with van der Waals surface area (Å²) in [5.41, 5.74) is 5.36. The summed E-state index contributed by atoms with van der Waals surface area (Å²) in [7, 11) is 1.64. The van der Waals surface area contributed by atoms with Crippen LogP contribution in [0.4, 0.5) is 0 Å². The zero-order chi connectivity index (χ0) is 29.5. The number of fused-ring (bicyclic) bond motifs is 1. The molecule has 6 heteroatoms. The van der Waals surface area contributed by atoms with Crippen molar-refractivity contribution in [1.82, 2.24) is 5.32 Å². The first kappa shape index (κ1) is 29.7. The molecule has 0 heterocycles. The van der Waals surface area contributed by atoms with Gasteiger partial charge in [0.15, 0.2) is 0 Å². The average Bonchev–Trinajstić information content (AvgIpc) is 2.93. The number of methoxy groups -OCH3 is 1. The van der Waals surface area contributed by atoms with Crippen LogP contribution in [0.15, 0.2) is 72.8 Å². The van der Waals surface area contributed by atoms with Crippen molar-refractivity contribution in [2.45, 2.75) is 59.6 Å². The van der Waals surface area contributed by atoms with Crippen LogP contribution in [0.3, 0.4) is 0 Å². The molecule has 0 bridgehead atoms. The molecule has 214 valence electrons. The summed E-state index contributed by atoms with van der Waals surface area (Å²) in [5, 5.41) is 14.7. The van der Waals surface area contributed by atoms with Gasteiger partial charge in [-0.1, -0.05) is 79.6 Å². The molecule has 1 atom stereocenters. The number of nitrogens with one attached hydrogen (secondary N) is 1. The predicted molar refractivity (Wildman–Crippen MR) is 163 cm³/mol. The Morgan fingerprint density at radius 2 is 1.66 bits per heavy atom. The van der Waals surface area contributed by atoms with Crippen LogP contribution >= 0.6 is 0 Å². The molecule has 1 amide bonds. The van der Waals surface area contributed by atoms with Crippen LogP contribution < -0.4 is 14.8 Å². The normalized spacial score (nSPS) is 11.9. The zero-order valence-electron chi connectivity index (χ0n) is 24.5. The lowest BCUT2D eigenvalue weighted by molar-refractivity contribution is -0.136. The van der Waals surface area contributed by atoms with Crippen molar-refractivity contribution in [3.8, 4) is 11.5 Å². The topological polar surface area (TPSA) is 84.9 Å². The van der Waals surface area contributed by atoms with Gasteiger partial charge in [-0.2, -0.15) is 0 Å². The summed E-state index contributed by atoms with van der Waals surface area (Å²) in [4.78, 5) is 25.2. The van der Waals surface area contributed by atoms with Crippen molar-refractivity contribution in [2.75, 3.05) is 7.11 Å². The SMILES string of the molecule is COc1ccc2ccccc2c1COc1ccc(CCC(=O)O)c(C(=O)NC(CC(C)C)c2cc(C)cc(C)c2)c1. The minimum Gasteiger partial charge on any atom is -0.496 e. The first-order valence-corrected chi connectivity index (χ1v) is 14.1. The monoisotopic (exact) mass is 553 g/mol. The highest BCUT2D eigenvalue weighted by Crippen LogP contribution is 2.30. The smallest absolute Gasteiger partial charge is 0.303 e. The number of aliphatic carboxylic acids is 1. The van der Waals surface area contributed by atoms with E-state index in [4.69, 9.17) is 9.47 Å². The Morgan fingerprint density at radius 3 is 2.34 bits per heavy atom. The number of carboxylic acids is 1. The summed E-state index contributed by atoms with van der Waals surface area (Å²) in [6, 6.07) is 23.5. The van der Waals surface area contributed by atoms with E-state index < -0.39 is 5.97 Å². The second-order valence-corrected chi connectivity index (χ2v) is 11.0. The Labute approximate surface area is 242 Å². The molecule has 0 saturated heterocycles. The van der Waals surface area contributed by atoms with Gasteiger partial charge in [-0.15, -0.1) is 0 Å². The number of ether oxygens (including phenoxy) is 2. The Balaban J connectivity index is 1.65. The van der Waals surface area contributed by atoms with Crippen molar-refractivity contribution in [3.05, 3.63) is 106 Å². The molecule has 6 nitrogen and oxygen atoms in total. The second-order valence-electron chi connectivity index (χ2n) is 11.0. The number of rotatable bonds is 12. The highest BCUT2D eigenvalue weighted by molar-refractivity contribution is 5.96. The summed E-state index contributed by atoms with van der Waals surface area (Å²) in [6.07, 6.45) is 0.949.